The maximum Gasteiger partial charge on any atom is 0.325 e. The highest BCUT2D eigenvalue weighted by molar-refractivity contribution is 6.02. The molecule has 5 heteroatoms. The van der Waals surface area contributed by atoms with Crippen molar-refractivity contribution in [3.8, 4) is 0 Å². The van der Waals surface area contributed by atoms with E-state index >= 15 is 0 Å². The van der Waals surface area contributed by atoms with Gasteiger partial charge in [0.25, 0.3) is 5.91 Å². The standard InChI is InChI=1S/C22H39N3O2/c1-3-5-12-18(4-2)17-23-20(27)25-19(26)21(13-8-6-9-14-21)24-22(25)15-10-7-11-16-22/h18,24H,3-17H2,1-2H3,(H,23,27). The number of unbranched alkanes of at least 4 members (excludes halogenated alkanes) is 1. The van der Waals surface area contributed by atoms with E-state index in [0.29, 0.717) is 12.5 Å². The number of hydrogen-bond acceptors (Lipinski definition) is 3. The highest BCUT2D eigenvalue weighted by atomic mass is 16.2. The predicted octanol–water partition coefficient (Wildman–Crippen LogP) is 4.71. The quantitative estimate of drug-likeness (QED) is 0.705. The zero-order valence-corrected chi connectivity index (χ0v) is 17.4. The van der Waals surface area contributed by atoms with Crippen molar-refractivity contribution >= 4 is 11.9 Å². The number of imide groups is 1. The number of nitrogens with zero attached hydrogens (tertiary/aromatic N) is 1. The number of nitrogens with one attached hydrogen (secondary N) is 2. The fourth-order valence-electron chi connectivity index (χ4n) is 5.48. The van der Waals surface area contributed by atoms with E-state index in [1.807, 2.05) is 0 Å². The topological polar surface area (TPSA) is 61.4 Å². The van der Waals surface area contributed by atoms with Gasteiger partial charge in [0, 0.05) is 6.54 Å². The van der Waals surface area contributed by atoms with Crippen molar-refractivity contribution in [1.29, 1.82) is 0 Å². The molecule has 1 atom stereocenters. The molecule has 3 aliphatic rings. The molecule has 5 nitrogen and oxygen atoms in total. The van der Waals surface area contributed by atoms with Gasteiger partial charge in [-0.15, -0.1) is 0 Å². The molecule has 2 aliphatic carbocycles. The van der Waals surface area contributed by atoms with Crippen LogP contribution in [0.25, 0.3) is 0 Å². The van der Waals surface area contributed by atoms with E-state index in [1.165, 1.54) is 25.7 Å². The third-order valence-corrected chi connectivity index (χ3v) is 7.19. The van der Waals surface area contributed by atoms with Crippen LogP contribution in [0.15, 0.2) is 0 Å². The van der Waals surface area contributed by atoms with E-state index in [9.17, 15) is 9.59 Å². The minimum atomic E-state index is -0.487. The fraction of sp³-hybridized carbons (Fsp3) is 0.909. The summed E-state index contributed by atoms with van der Waals surface area (Å²) in [7, 11) is 0. The van der Waals surface area contributed by atoms with Gasteiger partial charge >= 0.3 is 6.03 Å². The van der Waals surface area contributed by atoms with E-state index in [0.717, 1.165) is 64.2 Å². The number of hydrogen-bond donors (Lipinski definition) is 2. The minimum Gasteiger partial charge on any atom is -0.337 e. The first kappa shape index (κ1) is 20.6. The first-order chi connectivity index (χ1) is 13.1. The Balaban J connectivity index is 1.73. The van der Waals surface area contributed by atoms with Crippen LogP contribution >= 0.6 is 0 Å². The first-order valence-electron chi connectivity index (χ1n) is 11.5. The molecule has 1 saturated heterocycles. The Kier molecular flexibility index (Phi) is 6.83. The summed E-state index contributed by atoms with van der Waals surface area (Å²) in [4.78, 5) is 28.3. The molecule has 1 aliphatic heterocycles. The molecule has 0 aromatic rings. The van der Waals surface area contributed by atoms with Crippen molar-refractivity contribution in [2.45, 2.75) is 115 Å². The largest absolute Gasteiger partial charge is 0.337 e. The van der Waals surface area contributed by atoms with Crippen LogP contribution in [0.1, 0.15) is 104 Å². The summed E-state index contributed by atoms with van der Waals surface area (Å²) in [6, 6.07) is -0.160. The summed E-state index contributed by atoms with van der Waals surface area (Å²) in [6.07, 6.45) is 14.9. The molecule has 3 fully saturated rings. The first-order valence-corrected chi connectivity index (χ1v) is 11.5. The van der Waals surface area contributed by atoms with Gasteiger partial charge in [-0.05, 0) is 50.9 Å². The van der Waals surface area contributed by atoms with Crippen LogP contribution in [-0.4, -0.2) is 34.6 Å². The smallest absolute Gasteiger partial charge is 0.325 e. The molecule has 0 bridgehead atoms. The van der Waals surface area contributed by atoms with Gasteiger partial charge in [0.1, 0.15) is 11.2 Å². The van der Waals surface area contributed by atoms with E-state index in [4.69, 9.17) is 0 Å². The molecule has 2 spiro atoms. The average Bonchev–Trinajstić information content (AvgIpc) is 2.90. The molecule has 154 valence electrons. The fourth-order valence-corrected chi connectivity index (χ4v) is 5.48. The molecule has 0 aromatic carbocycles. The van der Waals surface area contributed by atoms with Gasteiger partial charge < -0.3 is 5.32 Å². The second-order valence-corrected chi connectivity index (χ2v) is 9.10. The Labute approximate surface area is 165 Å². The summed E-state index contributed by atoms with van der Waals surface area (Å²) in [5, 5.41) is 6.89. The molecule has 0 radical (unpaired) electrons. The summed E-state index contributed by atoms with van der Waals surface area (Å²) >= 11 is 0. The lowest BCUT2D eigenvalue weighted by atomic mass is 9.81. The van der Waals surface area contributed by atoms with Gasteiger partial charge in [0.2, 0.25) is 0 Å². The van der Waals surface area contributed by atoms with Crippen LogP contribution in [0.5, 0.6) is 0 Å². The van der Waals surface area contributed by atoms with Crippen molar-refractivity contribution in [2.75, 3.05) is 6.54 Å². The molecule has 27 heavy (non-hydrogen) atoms. The SMILES string of the molecule is CCCCC(CC)CNC(=O)N1C(=O)C2(CCCCC2)NC12CCCCC2. The van der Waals surface area contributed by atoms with Gasteiger partial charge in [-0.3, -0.25) is 10.1 Å². The lowest BCUT2D eigenvalue weighted by Gasteiger charge is -2.41. The third-order valence-electron chi connectivity index (χ3n) is 7.19. The molecular weight excluding hydrogens is 338 g/mol. The molecular formula is C22H39N3O2. The molecule has 3 rings (SSSR count). The highest BCUT2D eigenvalue weighted by Crippen LogP contribution is 2.44. The Hall–Kier alpha value is -1.10. The van der Waals surface area contributed by atoms with Gasteiger partial charge in [0.15, 0.2) is 0 Å². The lowest BCUT2D eigenvalue weighted by molar-refractivity contribution is -0.133. The molecule has 3 amide bonds. The molecule has 0 aromatic heterocycles. The zero-order valence-electron chi connectivity index (χ0n) is 17.4. The lowest BCUT2D eigenvalue weighted by Crippen LogP contribution is -2.59. The summed E-state index contributed by atoms with van der Waals surface area (Å²) in [5.41, 5.74) is -0.929. The van der Waals surface area contributed by atoms with E-state index in [2.05, 4.69) is 24.5 Å². The van der Waals surface area contributed by atoms with E-state index in [1.54, 1.807) is 4.90 Å². The normalized spacial score (nSPS) is 25.1. The minimum absolute atomic E-state index is 0.0446. The number of rotatable bonds is 6. The van der Waals surface area contributed by atoms with Gasteiger partial charge in [0.05, 0.1) is 0 Å². The molecule has 1 heterocycles. The van der Waals surface area contributed by atoms with Gasteiger partial charge in [-0.2, -0.15) is 0 Å². The second kappa shape index (κ2) is 8.93. The average molecular weight is 378 g/mol. The van der Waals surface area contributed by atoms with Crippen LogP contribution in [0, 0.1) is 5.92 Å². The number of urea groups is 1. The zero-order chi connectivity index (χ0) is 19.3. The van der Waals surface area contributed by atoms with Crippen LogP contribution in [0.2, 0.25) is 0 Å². The van der Waals surface area contributed by atoms with Crippen LogP contribution in [-0.2, 0) is 4.79 Å². The number of carbonyl (C=O) groups excluding carboxylic acids is 2. The summed E-state index contributed by atoms with van der Waals surface area (Å²) in [6.45, 7) is 5.08. The molecule has 2 N–H and O–H groups in total. The Morgan fingerprint density at radius 2 is 1.70 bits per heavy atom. The maximum absolute atomic E-state index is 13.5. The van der Waals surface area contributed by atoms with E-state index < -0.39 is 11.2 Å². The highest BCUT2D eigenvalue weighted by Gasteiger charge is 2.60. The van der Waals surface area contributed by atoms with Crippen molar-refractivity contribution in [3.05, 3.63) is 0 Å². The van der Waals surface area contributed by atoms with Crippen molar-refractivity contribution in [1.82, 2.24) is 15.5 Å². The number of amides is 3. The Bertz CT molecular complexity index is 522. The van der Waals surface area contributed by atoms with Crippen molar-refractivity contribution < 1.29 is 9.59 Å². The second-order valence-electron chi connectivity index (χ2n) is 9.10. The van der Waals surface area contributed by atoms with Crippen LogP contribution in [0.4, 0.5) is 4.79 Å². The maximum atomic E-state index is 13.5. The van der Waals surface area contributed by atoms with Gasteiger partial charge in [-0.1, -0.05) is 58.8 Å². The predicted molar refractivity (Wildman–Crippen MR) is 108 cm³/mol. The Morgan fingerprint density at radius 3 is 2.30 bits per heavy atom. The molecule has 1 unspecified atom stereocenters. The van der Waals surface area contributed by atoms with Gasteiger partial charge in [-0.25, -0.2) is 9.69 Å². The van der Waals surface area contributed by atoms with Crippen LogP contribution in [0.3, 0.4) is 0 Å². The summed E-state index contributed by atoms with van der Waals surface area (Å²) in [5.74, 6) is 0.550. The number of carbonyl (C=O) groups is 2. The van der Waals surface area contributed by atoms with Crippen LogP contribution < -0.4 is 10.6 Å². The van der Waals surface area contributed by atoms with Crippen molar-refractivity contribution in [2.24, 2.45) is 5.92 Å². The Morgan fingerprint density at radius 1 is 1.07 bits per heavy atom. The monoisotopic (exact) mass is 377 g/mol. The summed E-state index contributed by atoms with van der Waals surface area (Å²) < 4.78 is 0. The van der Waals surface area contributed by atoms with Crippen molar-refractivity contribution in [3.63, 3.8) is 0 Å². The third kappa shape index (κ3) is 4.18. The molecule has 2 saturated carbocycles. The van der Waals surface area contributed by atoms with E-state index in [-0.39, 0.29) is 11.9 Å².